The molecule has 1 aliphatic carbocycles. The third kappa shape index (κ3) is 1.01. The average Bonchev–Trinajstić information content (AvgIpc) is 2.23. The lowest BCUT2D eigenvalue weighted by atomic mass is 9.87. The van der Waals surface area contributed by atoms with E-state index in [-0.39, 0.29) is 11.1 Å². The van der Waals surface area contributed by atoms with Crippen LogP contribution in [0.25, 0.3) is 0 Å². The number of ketones is 3. The summed E-state index contributed by atoms with van der Waals surface area (Å²) < 4.78 is 0. The van der Waals surface area contributed by atoms with Crippen molar-refractivity contribution in [3.63, 3.8) is 0 Å². The van der Waals surface area contributed by atoms with E-state index in [4.69, 9.17) is 5.11 Å². The predicted octanol–water partition coefficient (Wildman–Crippen LogP) is -0.00440. The summed E-state index contributed by atoms with van der Waals surface area (Å²) in [5.41, 5.74) is 0.192. The highest BCUT2D eigenvalue weighted by Gasteiger charge is 2.38. The molecular formula is C10H6O4. The molecule has 0 bridgehead atoms. The van der Waals surface area contributed by atoms with Crippen molar-refractivity contribution < 1.29 is 19.5 Å². The second-order valence-electron chi connectivity index (χ2n) is 3.01. The predicted molar refractivity (Wildman–Crippen MR) is 46.1 cm³/mol. The molecule has 0 aliphatic heterocycles. The molecule has 4 heteroatoms. The zero-order valence-corrected chi connectivity index (χ0v) is 7.06. The Morgan fingerprint density at radius 3 is 2.14 bits per heavy atom. The molecule has 0 unspecified atom stereocenters. The fraction of sp³-hybridized carbons (Fsp3) is 0.100. The Hall–Kier alpha value is -1.81. The van der Waals surface area contributed by atoms with Gasteiger partial charge in [0.25, 0.3) is 0 Å². The molecule has 0 spiro atoms. The van der Waals surface area contributed by atoms with Crippen LogP contribution in [0.15, 0.2) is 24.3 Å². The van der Waals surface area contributed by atoms with Crippen molar-refractivity contribution in [3.05, 3.63) is 35.4 Å². The molecule has 0 amide bonds. The van der Waals surface area contributed by atoms with E-state index in [1.807, 2.05) is 0 Å². The van der Waals surface area contributed by atoms with Crippen molar-refractivity contribution in [1.82, 2.24) is 0 Å². The van der Waals surface area contributed by atoms with Crippen molar-refractivity contribution in [1.29, 1.82) is 0 Å². The number of aliphatic hydroxyl groups excluding tert-OH is 1. The topological polar surface area (TPSA) is 71.4 Å². The zero-order chi connectivity index (χ0) is 10.3. The van der Waals surface area contributed by atoms with E-state index in [1.165, 1.54) is 12.1 Å². The van der Waals surface area contributed by atoms with Gasteiger partial charge in [0.2, 0.25) is 11.6 Å². The highest BCUT2D eigenvalue weighted by Crippen LogP contribution is 2.18. The Kier molecular flexibility index (Phi) is 1.79. The number of Topliss-reactive ketones (excluding diaryl/α,β-unsaturated/α-hetero) is 3. The first-order chi connectivity index (χ1) is 6.63. The lowest BCUT2D eigenvalue weighted by molar-refractivity contribution is -0.120. The molecule has 1 aliphatic rings. The molecule has 1 aromatic carbocycles. The molecule has 14 heavy (non-hydrogen) atoms. The van der Waals surface area contributed by atoms with Gasteiger partial charge < -0.3 is 5.11 Å². The number of carbonyl (C=O) groups excluding carboxylic acids is 3. The number of benzene rings is 1. The molecule has 1 N–H and O–H groups in total. The summed E-state index contributed by atoms with van der Waals surface area (Å²) in [5.74, 6) is -2.55. The largest absolute Gasteiger partial charge is 0.377 e. The molecule has 1 atom stereocenters. The number of hydrogen-bond acceptors (Lipinski definition) is 4. The summed E-state index contributed by atoms with van der Waals surface area (Å²) in [6.45, 7) is 0. The van der Waals surface area contributed by atoms with E-state index < -0.39 is 23.5 Å². The van der Waals surface area contributed by atoms with Gasteiger partial charge in [-0.25, -0.2) is 0 Å². The molecule has 70 valence electrons. The lowest BCUT2D eigenvalue weighted by Gasteiger charge is -2.16. The maximum atomic E-state index is 11.3. The van der Waals surface area contributed by atoms with Gasteiger partial charge in [-0.15, -0.1) is 0 Å². The van der Waals surface area contributed by atoms with E-state index in [2.05, 4.69) is 0 Å². The molecule has 0 saturated heterocycles. The van der Waals surface area contributed by atoms with E-state index in [9.17, 15) is 14.4 Å². The highest BCUT2D eigenvalue weighted by molar-refractivity contribution is 6.52. The normalized spacial score (nSPS) is 20.9. The van der Waals surface area contributed by atoms with Crippen LogP contribution in [0.1, 0.15) is 20.7 Å². The molecule has 1 aromatic rings. The van der Waals surface area contributed by atoms with Crippen LogP contribution in [0.2, 0.25) is 0 Å². The quantitative estimate of drug-likeness (QED) is 0.461. The smallest absolute Gasteiger partial charge is 0.239 e. The first kappa shape index (κ1) is 8.77. The molecule has 2 rings (SSSR count). The highest BCUT2D eigenvalue weighted by atomic mass is 16.3. The number of carbonyl (C=O) groups is 3. The van der Waals surface area contributed by atoms with Crippen molar-refractivity contribution in [3.8, 4) is 0 Å². The Balaban J connectivity index is 2.68. The van der Waals surface area contributed by atoms with Gasteiger partial charge in [-0.2, -0.15) is 0 Å². The third-order valence-corrected chi connectivity index (χ3v) is 2.16. The van der Waals surface area contributed by atoms with E-state index in [1.54, 1.807) is 12.1 Å². The summed E-state index contributed by atoms with van der Waals surface area (Å²) >= 11 is 0. The summed E-state index contributed by atoms with van der Waals surface area (Å²) in [7, 11) is 0. The number of rotatable bonds is 0. The molecule has 0 radical (unpaired) electrons. The molecule has 0 saturated carbocycles. The summed E-state index contributed by atoms with van der Waals surface area (Å²) in [4.78, 5) is 33.7. The third-order valence-electron chi connectivity index (χ3n) is 2.16. The molecule has 0 fully saturated rings. The van der Waals surface area contributed by atoms with Gasteiger partial charge in [0.1, 0.15) is 0 Å². The summed E-state index contributed by atoms with van der Waals surface area (Å²) in [6, 6.07) is 5.96. The minimum Gasteiger partial charge on any atom is -0.377 e. The maximum absolute atomic E-state index is 11.3. The van der Waals surface area contributed by atoms with Gasteiger partial charge >= 0.3 is 0 Å². The fourth-order valence-electron chi connectivity index (χ4n) is 1.42. The van der Waals surface area contributed by atoms with E-state index >= 15 is 0 Å². The molecular weight excluding hydrogens is 184 g/mol. The van der Waals surface area contributed by atoms with Crippen LogP contribution < -0.4 is 0 Å². The minimum atomic E-state index is -1.82. The Morgan fingerprint density at radius 1 is 0.929 bits per heavy atom. The summed E-state index contributed by atoms with van der Waals surface area (Å²) in [6.07, 6.45) is -1.82. The first-order valence-corrected chi connectivity index (χ1v) is 4.03. The van der Waals surface area contributed by atoms with Crippen LogP contribution in [0.3, 0.4) is 0 Å². The van der Waals surface area contributed by atoms with Crippen molar-refractivity contribution in [2.75, 3.05) is 0 Å². The Morgan fingerprint density at radius 2 is 1.50 bits per heavy atom. The Bertz CT molecular complexity index is 447. The number of hydrogen-bond donors (Lipinski definition) is 1. The van der Waals surface area contributed by atoms with Gasteiger partial charge in [-0.3, -0.25) is 14.4 Å². The molecule has 0 aromatic heterocycles. The zero-order valence-electron chi connectivity index (χ0n) is 7.06. The van der Waals surface area contributed by atoms with Crippen molar-refractivity contribution in [2.24, 2.45) is 0 Å². The molecule has 4 nitrogen and oxygen atoms in total. The lowest BCUT2D eigenvalue weighted by Crippen LogP contribution is -2.41. The molecule has 0 heterocycles. The van der Waals surface area contributed by atoms with Crippen molar-refractivity contribution >= 4 is 17.3 Å². The second-order valence-corrected chi connectivity index (χ2v) is 3.01. The van der Waals surface area contributed by atoms with E-state index in [0.717, 1.165) is 0 Å². The van der Waals surface area contributed by atoms with Gasteiger partial charge in [0.05, 0.1) is 0 Å². The van der Waals surface area contributed by atoms with Gasteiger partial charge in [0, 0.05) is 11.1 Å². The van der Waals surface area contributed by atoms with Gasteiger partial charge in [-0.05, 0) is 0 Å². The SMILES string of the molecule is O=C1C(=O)[C@@H](O)C(=O)c2ccccc21. The van der Waals surface area contributed by atoms with Crippen LogP contribution >= 0.6 is 0 Å². The number of aliphatic hydroxyl groups is 1. The second kappa shape index (κ2) is 2.85. The Labute approximate surface area is 79.2 Å². The van der Waals surface area contributed by atoms with Crippen LogP contribution in [-0.4, -0.2) is 28.6 Å². The fourth-order valence-corrected chi connectivity index (χ4v) is 1.42. The van der Waals surface area contributed by atoms with Crippen LogP contribution in [0.4, 0.5) is 0 Å². The van der Waals surface area contributed by atoms with Gasteiger partial charge in [0.15, 0.2) is 11.9 Å². The van der Waals surface area contributed by atoms with Crippen LogP contribution in [-0.2, 0) is 4.79 Å². The summed E-state index contributed by atoms with van der Waals surface area (Å²) in [5, 5.41) is 9.14. The van der Waals surface area contributed by atoms with E-state index in [0.29, 0.717) is 0 Å². The standard InChI is InChI=1S/C10H6O4/c11-7-5-3-1-2-4-6(5)8(12)10(14)9(7)13/h1-4,9,13H/t9-/m0/s1. The van der Waals surface area contributed by atoms with Crippen LogP contribution in [0.5, 0.6) is 0 Å². The van der Waals surface area contributed by atoms with Crippen molar-refractivity contribution in [2.45, 2.75) is 6.10 Å². The first-order valence-electron chi connectivity index (χ1n) is 4.03. The van der Waals surface area contributed by atoms with Gasteiger partial charge in [-0.1, -0.05) is 24.3 Å². The minimum absolute atomic E-state index is 0.0767. The monoisotopic (exact) mass is 190 g/mol. The van der Waals surface area contributed by atoms with Crippen LogP contribution in [0, 0.1) is 0 Å². The average molecular weight is 190 g/mol. The maximum Gasteiger partial charge on any atom is 0.239 e. The number of fused-ring (bicyclic) bond motifs is 1.